The van der Waals surface area contributed by atoms with E-state index in [0.717, 1.165) is 5.56 Å². The Morgan fingerprint density at radius 2 is 1.81 bits per heavy atom. The number of aromatic nitrogens is 2. The second kappa shape index (κ2) is 8.27. The molecule has 2 aromatic carbocycles. The molecule has 0 fully saturated rings. The van der Waals surface area contributed by atoms with Crippen molar-refractivity contribution in [1.82, 2.24) is 20.4 Å². The van der Waals surface area contributed by atoms with Crippen molar-refractivity contribution in [3.8, 4) is 5.69 Å². The molecule has 0 aliphatic carbocycles. The summed E-state index contributed by atoms with van der Waals surface area (Å²) in [6.07, 6.45) is 3.39. The Hall–Kier alpha value is -3.48. The molecule has 6 nitrogen and oxygen atoms in total. The average Bonchev–Trinajstić information content (AvgIpc) is 3.13. The zero-order valence-corrected chi connectivity index (χ0v) is 14.8. The highest BCUT2D eigenvalue weighted by molar-refractivity contribution is 5.97. The number of nitrogens with zero attached hydrogens (tertiary/aromatic N) is 2. The summed E-state index contributed by atoms with van der Waals surface area (Å²) < 4.78 is 14.9. The number of rotatable bonds is 6. The molecule has 0 unspecified atom stereocenters. The lowest BCUT2D eigenvalue weighted by Gasteiger charge is -2.10. The van der Waals surface area contributed by atoms with Crippen LogP contribution in [0.5, 0.6) is 0 Å². The number of nitrogens with one attached hydrogen (secondary N) is 2. The number of amides is 2. The van der Waals surface area contributed by atoms with Gasteiger partial charge in [0, 0.05) is 31.8 Å². The molecular formula is C20H19FN4O2. The van der Waals surface area contributed by atoms with Gasteiger partial charge in [0.25, 0.3) is 5.91 Å². The monoisotopic (exact) mass is 366 g/mol. The van der Waals surface area contributed by atoms with Gasteiger partial charge in [-0.15, -0.1) is 0 Å². The predicted molar refractivity (Wildman–Crippen MR) is 98.7 cm³/mol. The first-order valence-corrected chi connectivity index (χ1v) is 8.43. The number of benzene rings is 2. The number of hydrogen-bond acceptors (Lipinski definition) is 3. The minimum atomic E-state index is -0.342. The highest BCUT2D eigenvalue weighted by Gasteiger charge is 2.13. The fourth-order valence-electron chi connectivity index (χ4n) is 2.60. The Balaban J connectivity index is 1.75. The maximum Gasteiger partial charge on any atom is 0.253 e. The van der Waals surface area contributed by atoms with Crippen LogP contribution in [0, 0.1) is 5.82 Å². The van der Waals surface area contributed by atoms with E-state index in [1.54, 1.807) is 47.4 Å². The topological polar surface area (TPSA) is 76.0 Å². The molecule has 1 aromatic heterocycles. The molecule has 27 heavy (non-hydrogen) atoms. The lowest BCUT2D eigenvalue weighted by molar-refractivity contribution is -0.119. The Bertz CT molecular complexity index is 968. The summed E-state index contributed by atoms with van der Waals surface area (Å²) in [5.74, 6) is -0.751. The third-order valence-corrected chi connectivity index (χ3v) is 3.92. The van der Waals surface area contributed by atoms with Crippen LogP contribution in [0.15, 0.2) is 60.9 Å². The molecule has 0 aliphatic heterocycles. The van der Waals surface area contributed by atoms with Crippen molar-refractivity contribution >= 4 is 11.8 Å². The van der Waals surface area contributed by atoms with Crippen LogP contribution < -0.4 is 10.6 Å². The third-order valence-electron chi connectivity index (χ3n) is 3.92. The van der Waals surface area contributed by atoms with Crippen LogP contribution in [0.2, 0.25) is 0 Å². The number of para-hydroxylation sites is 1. The van der Waals surface area contributed by atoms with Gasteiger partial charge >= 0.3 is 0 Å². The SMILES string of the molecule is CC(=O)NCc1cnn(-c2ccccc2C(=O)NCc2cccc(F)c2)c1. The van der Waals surface area contributed by atoms with Crippen molar-refractivity contribution < 1.29 is 14.0 Å². The van der Waals surface area contributed by atoms with E-state index in [1.807, 2.05) is 6.07 Å². The van der Waals surface area contributed by atoms with Gasteiger partial charge in [-0.2, -0.15) is 5.10 Å². The molecule has 0 aliphatic rings. The fourth-order valence-corrected chi connectivity index (χ4v) is 2.60. The van der Waals surface area contributed by atoms with E-state index in [0.29, 0.717) is 23.4 Å². The summed E-state index contributed by atoms with van der Waals surface area (Å²) in [4.78, 5) is 23.6. The quantitative estimate of drug-likeness (QED) is 0.704. The average molecular weight is 366 g/mol. The maximum atomic E-state index is 13.3. The summed E-state index contributed by atoms with van der Waals surface area (Å²) in [7, 11) is 0. The first-order valence-electron chi connectivity index (χ1n) is 8.43. The minimum Gasteiger partial charge on any atom is -0.352 e. The molecule has 0 atom stereocenters. The van der Waals surface area contributed by atoms with E-state index in [-0.39, 0.29) is 24.2 Å². The van der Waals surface area contributed by atoms with Crippen LogP contribution >= 0.6 is 0 Å². The van der Waals surface area contributed by atoms with Crippen molar-refractivity contribution in [3.63, 3.8) is 0 Å². The third kappa shape index (κ3) is 4.78. The van der Waals surface area contributed by atoms with E-state index in [2.05, 4.69) is 15.7 Å². The normalized spacial score (nSPS) is 10.4. The van der Waals surface area contributed by atoms with E-state index < -0.39 is 0 Å². The Morgan fingerprint density at radius 3 is 2.59 bits per heavy atom. The molecular weight excluding hydrogens is 347 g/mol. The molecule has 3 aromatic rings. The van der Waals surface area contributed by atoms with E-state index in [4.69, 9.17) is 0 Å². The zero-order valence-electron chi connectivity index (χ0n) is 14.8. The lowest BCUT2D eigenvalue weighted by atomic mass is 10.1. The summed E-state index contributed by atoms with van der Waals surface area (Å²) in [6.45, 7) is 2.03. The lowest BCUT2D eigenvalue weighted by Crippen LogP contribution is -2.24. The second-order valence-electron chi connectivity index (χ2n) is 6.03. The molecule has 0 radical (unpaired) electrons. The van der Waals surface area contributed by atoms with Crippen LogP contribution in [0.4, 0.5) is 4.39 Å². The molecule has 7 heteroatoms. The van der Waals surface area contributed by atoms with E-state index in [1.165, 1.54) is 19.1 Å². The van der Waals surface area contributed by atoms with Gasteiger partial charge in [0.2, 0.25) is 5.91 Å². The van der Waals surface area contributed by atoms with Crippen molar-refractivity contribution in [1.29, 1.82) is 0 Å². The second-order valence-corrected chi connectivity index (χ2v) is 6.03. The van der Waals surface area contributed by atoms with Crippen LogP contribution in [-0.4, -0.2) is 21.6 Å². The number of hydrogen-bond donors (Lipinski definition) is 2. The largest absolute Gasteiger partial charge is 0.352 e. The van der Waals surface area contributed by atoms with Crippen LogP contribution in [-0.2, 0) is 17.9 Å². The number of carbonyl (C=O) groups excluding carboxylic acids is 2. The van der Waals surface area contributed by atoms with Crippen molar-refractivity contribution in [2.75, 3.05) is 0 Å². The van der Waals surface area contributed by atoms with E-state index >= 15 is 0 Å². The summed E-state index contributed by atoms with van der Waals surface area (Å²) in [5.41, 5.74) is 2.56. The smallest absolute Gasteiger partial charge is 0.253 e. The predicted octanol–water partition coefficient (Wildman–Crippen LogP) is 2.58. The number of halogens is 1. The summed E-state index contributed by atoms with van der Waals surface area (Å²) in [6, 6.07) is 13.2. The summed E-state index contributed by atoms with van der Waals surface area (Å²) in [5, 5.41) is 9.77. The molecule has 1 heterocycles. The highest BCUT2D eigenvalue weighted by atomic mass is 19.1. The van der Waals surface area contributed by atoms with E-state index in [9.17, 15) is 14.0 Å². The Labute approximate surface area is 156 Å². The minimum absolute atomic E-state index is 0.125. The zero-order chi connectivity index (χ0) is 19.2. The molecule has 2 amide bonds. The van der Waals surface area contributed by atoms with Crippen molar-refractivity contribution in [2.45, 2.75) is 20.0 Å². The van der Waals surface area contributed by atoms with Gasteiger partial charge in [-0.05, 0) is 29.8 Å². The van der Waals surface area contributed by atoms with Crippen molar-refractivity contribution in [2.24, 2.45) is 0 Å². The van der Waals surface area contributed by atoms with Gasteiger partial charge in [-0.3, -0.25) is 9.59 Å². The molecule has 138 valence electrons. The Morgan fingerprint density at radius 1 is 1.04 bits per heavy atom. The summed E-state index contributed by atoms with van der Waals surface area (Å²) >= 11 is 0. The van der Waals surface area contributed by atoms with Crippen molar-refractivity contribution in [3.05, 3.63) is 83.4 Å². The standard InChI is InChI=1S/C20H19FN4O2/c1-14(26)22-11-16-12-24-25(13-16)19-8-3-2-7-18(19)20(27)23-10-15-5-4-6-17(21)9-15/h2-9,12-13H,10-11H2,1H3,(H,22,26)(H,23,27). The maximum absolute atomic E-state index is 13.3. The first kappa shape index (κ1) is 18.3. The molecule has 0 saturated heterocycles. The fraction of sp³-hybridized carbons (Fsp3) is 0.150. The van der Waals surface area contributed by atoms with Crippen LogP contribution in [0.3, 0.4) is 0 Å². The Kier molecular flexibility index (Phi) is 5.61. The molecule has 0 spiro atoms. The van der Waals surface area contributed by atoms with Gasteiger partial charge < -0.3 is 10.6 Å². The van der Waals surface area contributed by atoms with Gasteiger partial charge in [0.05, 0.1) is 17.4 Å². The molecule has 0 saturated carbocycles. The van der Waals surface area contributed by atoms with Crippen LogP contribution in [0.1, 0.15) is 28.4 Å². The molecule has 0 bridgehead atoms. The van der Waals surface area contributed by atoms with Gasteiger partial charge in [-0.1, -0.05) is 24.3 Å². The van der Waals surface area contributed by atoms with Gasteiger partial charge in [-0.25, -0.2) is 9.07 Å². The molecule has 2 N–H and O–H groups in total. The van der Waals surface area contributed by atoms with Gasteiger partial charge in [0.1, 0.15) is 5.82 Å². The number of carbonyl (C=O) groups is 2. The van der Waals surface area contributed by atoms with Gasteiger partial charge in [0.15, 0.2) is 0 Å². The highest BCUT2D eigenvalue weighted by Crippen LogP contribution is 2.15. The first-order chi connectivity index (χ1) is 13.0. The van der Waals surface area contributed by atoms with Crippen LogP contribution in [0.25, 0.3) is 5.69 Å². The molecule has 3 rings (SSSR count).